The summed E-state index contributed by atoms with van der Waals surface area (Å²) in [4.78, 5) is 13.2. The molecule has 1 aliphatic carbocycles. The number of hydrogen-bond acceptors (Lipinski definition) is 1. The molecule has 0 radical (unpaired) electrons. The lowest BCUT2D eigenvalue weighted by atomic mass is 10.0. The number of amides is 1. The molecule has 0 aromatic carbocycles. The van der Waals surface area contributed by atoms with E-state index in [9.17, 15) is 4.79 Å². The molecule has 0 unspecified atom stereocenters. The maximum atomic E-state index is 11.4. The third-order valence-corrected chi connectivity index (χ3v) is 3.27. The summed E-state index contributed by atoms with van der Waals surface area (Å²) in [5.74, 6) is 1.48. The van der Waals surface area contributed by atoms with Crippen molar-refractivity contribution in [3.63, 3.8) is 0 Å². The molecule has 0 heterocycles. The zero-order chi connectivity index (χ0) is 10.4. The van der Waals surface area contributed by atoms with Gasteiger partial charge in [0, 0.05) is 25.9 Å². The summed E-state index contributed by atoms with van der Waals surface area (Å²) >= 11 is 5.52. The van der Waals surface area contributed by atoms with E-state index in [0.29, 0.717) is 12.3 Å². The van der Waals surface area contributed by atoms with Crippen LogP contribution in [0.1, 0.15) is 38.5 Å². The molecule has 3 heteroatoms. The first-order valence-corrected chi connectivity index (χ1v) is 6.07. The predicted molar refractivity (Wildman–Crippen MR) is 59.5 cm³/mol. The topological polar surface area (TPSA) is 20.3 Å². The van der Waals surface area contributed by atoms with Gasteiger partial charge in [-0.1, -0.05) is 25.7 Å². The van der Waals surface area contributed by atoms with E-state index < -0.39 is 0 Å². The second kappa shape index (κ2) is 6.28. The Hall–Kier alpha value is -0.240. The Morgan fingerprint density at radius 1 is 1.43 bits per heavy atom. The number of hydrogen-bond donors (Lipinski definition) is 0. The number of carbonyl (C=O) groups excluding carboxylic acids is 1. The normalized spacial score (nSPS) is 17.3. The first-order valence-electron chi connectivity index (χ1n) is 5.54. The average molecular weight is 218 g/mol. The van der Waals surface area contributed by atoms with E-state index in [4.69, 9.17) is 11.6 Å². The minimum atomic E-state index is 0.179. The lowest BCUT2D eigenvalue weighted by Crippen LogP contribution is -2.28. The second-order valence-electron chi connectivity index (χ2n) is 4.19. The molecule has 0 aromatic rings. The standard InChI is InChI=1S/C11H20ClNO/c1-13(11(14)6-8-12)9-7-10-4-2-3-5-10/h10H,2-9H2,1H3. The molecule has 2 nitrogen and oxygen atoms in total. The van der Waals surface area contributed by atoms with Gasteiger partial charge in [-0.15, -0.1) is 11.6 Å². The van der Waals surface area contributed by atoms with Crippen LogP contribution < -0.4 is 0 Å². The van der Waals surface area contributed by atoms with Crippen molar-refractivity contribution in [3.8, 4) is 0 Å². The molecule has 1 saturated carbocycles. The predicted octanol–water partition coefficient (Wildman–Crippen LogP) is 2.65. The maximum Gasteiger partial charge on any atom is 0.223 e. The van der Waals surface area contributed by atoms with Crippen LogP contribution in [0.4, 0.5) is 0 Å². The van der Waals surface area contributed by atoms with Crippen LogP contribution in [0.2, 0.25) is 0 Å². The van der Waals surface area contributed by atoms with Crippen molar-refractivity contribution < 1.29 is 4.79 Å². The van der Waals surface area contributed by atoms with Crippen molar-refractivity contribution in [2.75, 3.05) is 19.5 Å². The van der Waals surface area contributed by atoms with Crippen molar-refractivity contribution in [2.45, 2.75) is 38.5 Å². The van der Waals surface area contributed by atoms with E-state index in [2.05, 4.69) is 0 Å². The van der Waals surface area contributed by atoms with Crippen molar-refractivity contribution in [1.82, 2.24) is 4.90 Å². The lowest BCUT2D eigenvalue weighted by molar-refractivity contribution is -0.129. The van der Waals surface area contributed by atoms with Gasteiger partial charge in [-0.3, -0.25) is 4.79 Å². The van der Waals surface area contributed by atoms with Gasteiger partial charge in [-0.25, -0.2) is 0 Å². The third kappa shape index (κ3) is 3.87. The van der Waals surface area contributed by atoms with Gasteiger partial charge in [0.2, 0.25) is 5.91 Å². The molecule has 82 valence electrons. The highest BCUT2D eigenvalue weighted by Crippen LogP contribution is 2.27. The molecule has 0 spiro atoms. The van der Waals surface area contributed by atoms with Crippen molar-refractivity contribution in [1.29, 1.82) is 0 Å². The van der Waals surface area contributed by atoms with E-state index in [0.717, 1.165) is 12.5 Å². The summed E-state index contributed by atoms with van der Waals surface area (Å²) in [6.07, 6.45) is 7.12. The fourth-order valence-corrected chi connectivity index (χ4v) is 2.23. The second-order valence-corrected chi connectivity index (χ2v) is 4.57. The molecule has 0 aliphatic heterocycles. The van der Waals surface area contributed by atoms with Crippen LogP contribution >= 0.6 is 11.6 Å². The minimum Gasteiger partial charge on any atom is -0.346 e. The molecule has 1 fully saturated rings. The molecule has 1 rings (SSSR count). The van der Waals surface area contributed by atoms with Gasteiger partial charge in [-0.05, 0) is 12.3 Å². The van der Waals surface area contributed by atoms with Crippen LogP contribution in [0.3, 0.4) is 0 Å². The Morgan fingerprint density at radius 3 is 2.64 bits per heavy atom. The van der Waals surface area contributed by atoms with Crippen molar-refractivity contribution in [2.24, 2.45) is 5.92 Å². The lowest BCUT2D eigenvalue weighted by Gasteiger charge is -2.18. The zero-order valence-corrected chi connectivity index (χ0v) is 9.72. The number of carbonyl (C=O) groups is 1. The van der Waals surface area contributed by atoms with Gasteiger partial charge < -0.3 is 4.90 Å². The molecule has 0 atom stereocenters. The van der Waals surface area contributed by atoms with Crippen LogP contribution in [0.15, 0.2) is 0 Å². The highest BCUT2D eigenvalue weighted by Gasteiger charge is 2.16. The highest BCUT2D eigenvalue weighted by molar-refractivity contribution is 6.18. The van der Waals surface area contributed by atoms with Gasteiger partial charge >= 0.3 is 0 Å². The Bertz CT molecular complexity index is 178. The maximum absolute atomic E-state index is 11.4. The fraction of sp³-hybridized carbons (Fsp3) is 0.909. The summed E-state index contributed by atoms with van der Waals surface area (Å²) in [7, 11) is 1.88. The molecule has 1 amide bonds. The highest BCUT2D eigenvalue weighted by atomic mass is 35.5. The minimum absolute atomic E-state index is 0.179. The van der Waals surface area contributed by atoms with Crippen LogP contribution in [0.5, 0.6) is 0 Å². The molecule has 0 N–H and O–H groups in total. The first kappa shape index (κ1) is 11.8. The van der Waals surface area contributed by atoms with Crippen molar-refractivity contribution >= 4 is 17.5 Å². The monoisotopic (exact) mass is 217 g/mol. The molecule has 0 saturated heterocycles. The van der Waals surface area contributed by atoms with Gasteiger partial charge in [0.05, 0.1) is 0 Å². The number of nitrogens with zero attached hydrogens (tertiary/aromatic N) is 1. The summed E-state index contributed by atoms with van der Waals surface area (Å²) in [6, 6.07) is 0. The molecular weight excluding hydrogens is 198 g/mol. The van der Waals surface area contributed by atoms with Gasteiger partial charge in [0.25, 0.3) is 0 Å². The smallest absolute Gasteiger partial charge is 0.223 e. The number of alkyl halides is 1. The van der Waals surface area contributed by atoms with Crippen LogP contribution in [-0.2, 0) is 4.79 Å². The Labute approximate surface area is 91.6 Å². The Morgan fingerprint density at radius 2 is 2.07 bits per heavy atom. The fourth-order valence-electron chi connectivity index (χ4n) is 2.07. The zero-order valence-electron chi connectivity index (χ0n) is 8.97. The Kier molecular flexibility index (Phi) is 5.31. The largest absolute Gasteiger partial charge is 0.346 e. The number of halogens is 1. The van der Waals surface area contributed by atoms with E-state index in [1.54, 1.807) is 0 Å². The van der Waals surface area contributed by atoms with E-state index in [-0.39, 0.29) is 5.91 Å². The summed E-state index contributed by atoms with van der Waals surface area (Å²) in [6.45, 7) is 0.903. The summed E-state index contributed by atoms with van der Waals surface area (Å²) < 4.78 is 0. The quantitative estimate of drug-likeness (QED) is 0.649. The van der Waals surface area contributed by atoms with E-state index in [1.165, 1.54) is 32.1 Å². The molecular formula is C11H20ClNO. The van der Waals surface area contributed by atoms with Gasteiger partial charge in [0.15, 0.2) is 0 Å². The van der Waals surface area contributed by atoms with Crippen LogP contribution in [-0.4, -0.2) is 30.3 Å². The molecule has 1 aliphatic rings. The summed E-state index contributed by atoms with van der Waals surface area (Å²) in [5, 5.41) is 0. The first-order chi connectivity index (χ1) is 6.74. The SMILES string of the molecule is CN(CCC1CCCC1)C(=O)CCCl. The van der Waals surface area contributed by atoms with E-state index >= 15 is 0 Å². The van der Waals surface area contributed by atoms with Gasteiger partial charge in [-0.2, -0.15) is 0 Å². The van der Waals surface area contributed by atoms with Gasteiger partial charge in [0.1, 0.15) is 0 Å². The Balaban J connectivity index is 2.13. The van der Waals surface area contributed by atoms with E-state index in [1.807, 2.05) is 11.9 Å². The molecule has 14 heavy (non-hydrogen) atoms. The average Bonchev–Trinajstić information content (AvgIpc) is 2.67. The summed E-state index contributed by atoms with van der Waals surface area (Å²) in [5.41, 5.74) is 0. The third-order valence-electron chi connectivity index (χ3n) is 3.08. The van der Waals surface area contributed by atoms with Crippen molar-refractivity contribution in [3.05, 3.63) is 0 Å². The molecule has 0 aromatic heterocycles. The van der Waals surface area contributed by atoms with Crippen LogP contribution in [0.25, 0.3) is 0 Å². The number of rotatable bonds is 5. The van der Waals surface area contributed by atoms with Crippen LogP contribution in [0, 0.1) is 5.92 Å². The molecule has 0 bridgehead atoms.